The Balaban J connectivity index is 1.55. The van der Waals surface area contributed by atoms with E-state index in [2.05, 4.69) is 26.5 Å². The van der Waals surface area contributed by atoms with Gasteiger partial charge < -0.3 is 4.74 Å². The van der Waals surface area contributed by atoms with Gasteiger partial charge >= 0.3 is 5.97 Å². The van der Waals surface area contributed by atoms with Crippen molar-refractivity contribution in [3.8, 4) is 5.75 Å². The zero-order valence-electron chi connectivity index (χ0n) is 15.1. The van der Waals surface area contributed by atoms with Gasteiger partial charge in [-0.1, -0.05) is 33.6 Å². The number of carbonyl (C=O) groups excluding carboxylic acids is 2. The summed E-state index contributed by atoms with van der Waals surface area (Å²) < 4.78 is 6.23. The zero-order chi connectivity index (χ0) is 19.9. The highest BCUT2D eigenvalue weighted by molar-refractivity contribution is 9.10. The highest BCUT2D eigenvalue weighted by Crippen LogP contribution is 2.15. The van der Waals surface area contributed by atoms with E-state index in [1.165, 1.54) is 6.21 Å². The summed E-state index contributed by atoms with van der Waals surface area (Å²) in [5.41, 5.74) is 5.33. The molecule has 1 amide bonds. The summed E-state index contributed by atoms with van der Waals surface area (Å²) in [6, 6.07) is 21.0. The average Bonchev–Trinajstić information content (AvgIpc) is 2.70. The summed E-state index contributed by atoms with van der Waals surface area (Å²) in [6.07, 6.45) is 1.52. The monoisotopic (exact) mass is 436 g/mol. The van der Waals surface area contributed by atoms with E-state index >= 15 is 0 Å². The van der Waals surface area contributed by atoms with Crippen molar-refractivity contribution >= 4 is 34.0 Å². The average molecular weight is 437 g/mol. The van der Waals surface area contributed by atoms with Gasteiger partial charge in [-0.3, -0.25) is 4.79 Å². The molecule has 140 valence electrons. The molecule has 0 radical (unpaired) electrons. The number of amides is 1. The van der Waals surface area contributed by atoms with Crippen LogP contribution in [0.15, 0.2) is 82.4 Å². The lowest BCUT2D eigenvalue weighted by Crippen LogP contribution is -2.17. The van der Waals surface area contributed by atoms with Crippen LogP contribution in [-0.2, 0) is 0 Å². The van der Waals surface area contributed by atoms with E-state index in [1.54, 1.807) is 60.7 Å². The normalized spacial score (nSPS) is 10.6. The SMILES string of the molecule is Cc1ccc(C(=O)N/N=C/c2ccc(OC(=O)c3ccc(Br)cc3)cc2)cc1. The third-order valence-corrected chi connectivity index (χ3v) is 4.39. The first-order valence-electron chi connectivity index (χ1n) is 8.49. The van der Waals surface area contributed by atoms with Crippen LogP contribution in [0.4, 0.5) is 0 Å². The quantitative estimate of drug-likeness (QED) is 0.271. The van der Waals surface area contributed by atoms with Crippen molar-refractivity contribution in [1.29, 1.82) is 0 Å². The second-order valence-corrected chi connectivity index (χ2v) is 6.95. The van der Waals surface area contributed by atoms with Crippen LogP contribution in [0.5, 0.6) is 5.75 Å². The fourth-order valence-corrected chi connectivity index (χ4v) is 2.57. The minimum Gasteiger partial charge on any atom is -0.423 e. The topological polar surface area (TPSA) is 67.8 Å². The molecule has 0 aliphatic heterocycles. The number of nitrogens with one attached hydrogen (secondary N) is 1. The predicted molar refractivity (Wildman–Crippen MR) is 112 cm³/mol. The summed E-state index contributed by atoms with van der Waals surface area (Å²) >= 11 is 3.32. The summed E-state index contributed by atoms with van der Waals surface area (Å²) in [5, 5.41) is 3.95. The van der Waals surface area contributed by atoms with Gasteiger partial charge in [0.25, 0.3) is 5.91 Å². The first-order chi connectivity index (χ1) is 13.5. The van der Waals surface area contributed by atoms with Crippen LogP contribution in [0.3, 0.4) is 0 Å². The first kappa shape index (κ1) is 19.5. The van der Waals surface area contributed by atoms with Crippen molar-refractivity contribution < 1.29 is 14.3 Å². The molecular weight excluding hydrogens is 420 g/mol. The second-order valence-electron chi connectivity index (χ2n) is 6.03. The number of esters is 1. The Morgan fingerprint density at radius 3 is 2.14 bits per heavy atom. The summed E-state index contributed by atoms with van der Waals surface area (Å²) in [5.74, 6) is -0.288. The number of hydrogen-bond acceptors (Lipinski definition) is 4. The van der Waals surface area contributed by atoms with Gasteiger partial charge in [0.2, 0.25) is 0 Å². The predicted octanol–water partition coefficient (Wildman–Crippen LogP) is 4.74. The van der Waals surface area contributed by atoms with Gasteiger partial charge in [-0.05, 0) is 73.2 Å². The number of halogens is 1. The molecule has 5 nitrogen and oxygen atoms in total. The van der Waals surface area contributed by atoms with Crippen molar-refractivity contribution in [2.24, 2.45) is 5.10 Å². The van der Waals surface area contributed by atoms with E-state index in [9.17, 15) is 9.59 Å². The van der Waals surface area contributed by atoms with Gasteiger partial charge in [-0.2, -0.15) is 5.10 Å². The Morgan fingerprint density at radius 2 is 1.50 bits per heavy atom. The van der Waals surface area contributed by atoms with E-state index in [4.69, 9.17) is 4.74 Å². The van der Waals surface area contributed by atoms with E-state index in [-0.39, 0.29) is 5.91 Å². The summed E-state index contributed by atoms with van der Waals surface area (Å²) in [7, 11) is 0. The summed E-state index contributed by atoms with van der Waals surface area (Å²) in [4.78, 5) is 24.1. The van der Waals surface area contributed by atoms with Gasteiger partial charge in [-0.15, -0.1) is 0 Å². The van der Waals surface area contributed by atoms with Gasteiger partial charge in [-0.25, -0.2) is 10.2 Å². The number of nitrogens with zero attached hydrogens (tertiary/aromatic N) is 1. The number of hydrazone groups is 1. The highest BCUT2D eigenvalue weighted by Gasteiger charge is 2.08. The molecular formula is C22H17BrN2O3. The molecule has 0 spiro atoms. The zero-order valence-corrected chi connectivity index (χ0v) is 16.6. The standard InChI is InChI=1S/C22H17BrN2O3/c1-15-2-6-17(7-3-15)21(26)25-24-14-16-4-12-20(13-5-16)28-22(27)18-8-10-19(23)11-9-18/h2-14H,1H3,(H,25,26)/b24-14+. The molecule has 0 saturated heterocycles. The van der Waals surface area contributed by atoms with Crippen molar-refractivity contribution in [3.63, 3.8) is 0 Å². The molecule has 0 fully saturated rings. The maximum Gasteiger partial charge on any atom is 0.343 e. The van der Waals surface area contributed by atoms with Crippen molar-refractivity contribution in [2.45, 2.75) is 6.92 Å². The van der Waals surface area contributed by atoms with Gasteiger partial charge in [0, 0.05) is 10.0 Å². The van der Waals surface area contributed by atoms with Crippen LogP contribution < -0.4 is 10.2 Å². The fourth-order valence-electron chi connectivity index (χ4n) is 2.31. The first-order valence-corrected chi connectivity index (χ1v) is 9.28. The maximum absolute atomic E-state index is 12.1. The second kappa shape index (κ2) is 9.10. The number of rotatable bonds is 5. The van der Waals surface area contributed by atoms with E-state index in [0.29, 0.717) is 16.9 Å². The minimum absolute atomic E-state index is 0.281. The van der Waals surface area contributed by atoms with Crippen molar-refractivity contribution in [3.05, 3.63) is 99.5 Å². The number of aryl methyl sites for hydroxylation is 1. The van der Waals surface area contributed by atoms with Crippen molar-refractivity contribution in [1.82, 2.24) is 5.43 Å². The molecule has 0 aromatic heterocycles. The molecule has 0 unspecified atom stereocenters. The van der Waals surface area contributed by atoms with Crippen LogP contribution >= 0.6 is 15.9 Å². The molecule has 1 N–H and O–H groups in total. The number of ether oxygens (including phenoxy) is 1. The number of hydrogen-bond donors (Lipinski definition) is 1. The number of benzene rings is 3. The fraction of sp³-hybridized carbons (Fsp3) is 0.0455. The summed E-state index contributed by atoms with van der Waals surface area (Å²) in [6.45, 7) is 1.96. The molecule has 0 aliphatic carbocycles. The highest BCUT2D eigenvalue weighted by atomic mass is 79.9. The Labute approximate surface area is 171 Å². The smallest absolute Gasteiger partial charge is 0.343 e. The Hall–Kier alpha value is -3.25. The maximum atomic E-state index is 12.1. The van der Waals surface area contributed by atoms with E-state index < -0.39 is 5.97 Å². The molecule has 0 heterocycles. The van der Waals surface area contributed by atoms with E-state index in [0.717, 1.165) is 15.6 Å². The molecule has 3 aromatic rings. The lowest BCUT2D eigenvalue weighted by atomic mass is 10.1. The van der Waals surface area contributed by atoms with Crippen molar-refractivity contribution in [2.75, 3.05) is 0 Å². The van der Waals surface area contributed by atoms with Gasteiger partial charge in [0.05, 0.1) is 11.8 Å². The Bertz CT molecular complexity index is 995. The van der Waals surface area contributed by atoms with Crippen LogP contribution in [0.2, 0.25) is 0 Å². The molecule has 0 bridgehead atoms. The third-order valence-electron chi connectivity index (χ3n) is 3.86. The third kappa shape index (κ3) is 5.37. The Morgan fingerprint density at radius 1 is 0.893 bits per heavy atom. The van der Waals surface area contributed by atoms with Gasteiger partial charge in [0.15, 0.2) is 0 Å². The van der Waals surface area contributed by atoms with Crippen LogP contribution in [0, 0.1) is 6.92 Å². The van der Waals surface area contributed by atoms with Crippen LogP contribution in [0.1, 0.15) is 31.8 Å². The number of carbonyl (C=O) groups is 2. The molecule has 6 heteroatoms. The molecule has 3 aromatic carbocycles. The van der Waals surface area contributed by atoms with Gasteiger partial charge in [0.1, 0.15) is 5.75 Å². The molecule has 3 rings (SSSR count). The molecule has 0 atom stereocenters. The lowest BCUT2D eigenvalue weighted by Gasteiger charge is -2.05. The minimum atomic E-state index is -0.431. The largest absolute Gasteiger partial charge is 0.423 e. The molecule has 0 saturated carbocycles. The van der Waals surface area contributed by atoms with Crippen LogP contribution in [-0.4, -0.2) is 18.1 Å². The van der Waals surface area contributed by atoms with Crippen LogP contribution in [0.25, 0.3) is 0 Å². The Kier molecular flexibility index (Phi) is 6.34. The lowest BCUT2D eigenvalue weighted by molar-refractivity contribution is 0.0734. The molecule has 28 heavy (non-hydrogen) atoms. The van der Waals surface area contributed by atoms with E-state index in [1.807, 2.05) is 19.1 Å². The molecule has 0 aliphatic rings.